The molecule has 3 rings (SSSR count). The average Bonchev–Trinajstić information content (AvgIpc) is 2.82. The molecular weight excluding hydrogens is 318 g/mol. The van der Waals surface area contributed by atoms with Crippen molar-refractivity contribution < 1.29 is 14.3 Å². The first-order valence-electron chi connectivity index (χ1n) is 7.81. The van der Waals surface area contributed by atoms with Crippen LogP contribution >= 0.6 is 0 Å². The number of fused-ring (bicyclic) bond motifs is 1. The largest absolute Gasteiger partial charge is 0.493 e. The molecule has 0 aromatic heterocycles. The number of nitrogens with zero attached hydrogens (tertiary/aromatic N) is 1. The highest BCUT2D eigenvalue weighted by Crippen LogP contribution is 2.32. The number of carbonyl (C=O) groups is 1. The van der Waals surface area contributed by atoms with Gasteiger partial charge >= 0.3 is 6.03 Å². The number of benzene rings is 2. The van der Waals surface area contributed by atoms with Gasteiger partial charge in [-0.2, -0.15) is 0 Å². The molecule has 128 valence electrons. The van der Waals surface area contributed by atoms with Crippen molar-refractivity contribution in [2.75, 3.05) is 19.5 Å². The smallest absolute Gasteiger partial charge is 0.324 e. The van der Waals surface area contributed by atoms with Crippen LogP contribution in [0, 0.1) is 0 Å². The van der Waals surface area contributed by atoms with Gasteiger partial charge in [0.2, 0.25) is 0 Å². The number of nitrogens with one attached hydrogen (secondary N) is 2. The van der Waals surface area contributed by atoms with Gasteiger partial charge in [-0.25, -0.2) is 9.79 Å². The molecule has 6 heteroatoms. The number of rotatable bonds is 3. The predicted molar refractivity (Wildman–Crippen MR) is 98.3 cm³/mol. The minimum Gasteiger partial charge on any atom is -0.493 e. The lowest BCUT2D eigenvalue weighted by Gasteiger charge is -2.13. The van der Waals surface area contributed by atoms with Crippen LogP contribution < -0.4 is 20.1 Å². The SMILES string of the molecule is COc1cc2c(cc1OC)CC(NC(=O)Nc1ccccc1)=NC=C2. The predicted octanol–water partition coefficient (Wildman–Crippen LogP) is 3.45. The highest BCUT2D eigenvalue weighted by atomic mass is 16.5. The second-order valence-electron chi connectivity index (χ2n) is 5.42. The monoisotopic (exact) mass is 337 g/mol. The molecule has 2 aromatic carbocycles. The highest BCUT2D eigenvalue weighted by molar-refractivity contribution is 6.04. The zero-order valence-electron chi connectivity index (χ0n) is 14.1. The van der Waals surface area contributed by atoms with Gasteiger partial charge in [0, 0.05) is 18.3 Å². The fraction of sp³-hybridized carbons (Fsp3) is 0.158. The first-order chi connectivity index (χ1) is 12.2. The van der Waals surface area contributed by atoms with Gasteiger partial charge in [0.25, 0.3) is 0 Å². The van der Waals surface area contributed by atoms with Gasteiger partial charge in [-0.1, -0.05) is 18.2 Å². The van der Waals surface area contributed by atoms with E-state index in [9.17, 15) is 4.79 Å². The van der Waals surface area contributed by atoms with Crippen molar-refractivity contribution in [2.24, 2.45) is 4.99 Å². The molecule has 0 spiro atoms. The van der Waals surface area contributed by atoms with Crippen molar-refractivity contribution in [3.63, 3.8) is 0 Å². The number of amidine groups is 1. The van der Waals surface area contributed by atoms with E-state index in [1.54, 1.807) is 20.4 Å². The van der Waals surface area contributed by atoms with E-state index in [1.165, 1.54) is 0 Å². The number of anilines is 1. The molecule has 0 fully saturated rings. The van der Waals surface area contributed by atoms with Gasteiger partial charge in [-0.15, -0.1) is 0 Å². The average molecular weight is 337 g/mol. The Bertz CT molecular complexity index is 829. The molecule has 25 heavy (non-hydrogen) atoms. The summed E-state index contributed by atoms with van der Waals surface area (Å²) in [4.78, 5) is 16.5. The van der Waals surface area contributed by atoms with E-state index >= 15 is 0 Å². The van der Waals surface area contributed by atoms with Crippen LogP contribution in [0.4, 0.5) is 10.5 Å². The molecule has 6 nitrogen and oxygen atoms in total. The molecule has 0 atom stereocenters. The summed E-state index contributed by atoms with van der Waals surface area (Å²) in [7, 11) is 3.19. The van der Waals surface area contributed by atoms with E-state index in [-0.39, 0.29) is 6.03 Å². The molecule has 0 unspecified atom stereocenters. The van der Waals surface area contributed by atoms with Crippen LogP contribution in [-0.2, 0) is 6.42 Å². The number of carbonyl (C=O) groups excluding carboxylic acids is 1. The van der Waals surface area contributed by atoms with Crippen molar-refractivity contribution in [3.05, 3.63) is 59.8 Å². The van der Waals surface area contributed by atoms with Crippen molar-refractivity contribution in [1.29, 1.82) is 0 Å². The van der Waals surface area contributed by atoms with Crippen LogP contribution in [0.2, 0.25) is 0 Å². The van der Waals surface area contributed by atoms with Crippen LogP contribution in [0.15, 0.2) is 53.7 Å². The molecule has 2 amide bonds. The Labute approximate surface area is 146 Å². The number of aliphatic imine (C=N–C) groups is 1. The Morgan fingerprint density at radius 1 is 1.04 bits per heavy atom. The van der Waals surface area contributed by atoms with Crippen LogP contribution in [0.1, 0.15) is 11.1 Å². The standard InChI is InChI=1S/C19H19N3O3/c1-24-16-10-13-8-9-20-18(12-14(13)11-17(16)25-2)22-19(23)21-15-6-4-3-5-7-15/h3-11H,12H2,1-2H3,(H2,20,21,22,23). The van der Waals surface area contributed by atoms with Gasteiger partial charge < -0.3 is 14.8 Å². The lowest BCUT2D eigenvalue weighted by atomic mass is 10.0. The number of hydrogen-bond donors (Lipinski definition) is 2. The Morgan fingerprint density at radius 3 is 2.48 bits per heavy atom. The second-order valence-corrected chi connectivity index (χ2v) is 5.42. The summed E-state index contributed by atoms with van der Waals surface area (Å²) in [6.07, 6.45) is 4.02. The van der Waals surface area contributed by atoms with Gasteiger partial charge in [0.15, 0.2) is 11.5 Å². The number of hydrogen-bond acceptors (Lipinski definition) is 4. The summed E-state index contributed by atoms with van der Waals surface area (Å²) in [5.74, 6) is 1.85. The van der Waals surface area contributed by atoms with Gasteiger partial charge in [-0.3, -0.25) is 5.32 Å². The molecule has 0 radical (unpaired) electrons. The van der Waals surface area contributed by atoms with E-state index in [0.29, 0.717) is 23.8 Å². The van der Waals surface area contributed by atoms with Crippen molar-refractivity contribution in [2.45, 2.75) is 6.42 Å². The molecule has 1 aliphatic heterocycles. The first kappa shape index (κ1) is 16.6. The highest BCUT2D eigenvalue weighted by Gasteiger charge is 2.15. The lowest BCUT2D eigenvalue weighted by molar-refractivity contribution is 0.256. The summed E-state index contributed by atoms with van der Waals surface area (Å²) in [6, 6.07) is 12.7. The number of urea groups is 1. The molecular formula is C19H19N3O3. The Kier molecular flexibility index (Phi) is 4.99. The fourth-order valence-electron chi connectivity index (χ4n) is 2.57. The minimum absolute atomic E-state index is 0.331. The third-order valence-corrected chi connectivity index (χ3v) is 3.78. The molecule has 0 saturated heterocycles. The van der Waals surface area contributed by atoms with Gasteiger partial charge in [-0.05, 0) is 41.5 Å². The van der Waals surface area contributed by atoms with Crippen molar-refractivity contribution in [3.8, 4) is 11.5 Å². The molecule has 1 aliphatic rings. The number of amides is 2. The summed E-state index contributed by atoms with van der Waals surface area (Å²) in [6.45, 7) is 0. The quantitative estimate of drug-likeness (QED) is 0.901. The molecule has 1 heterocycles. The topological polar surface area (TPSA) is 72.0 Å². The van der Waals surface area contributed by atoms with Gasteiger partial charge in [0.05, 0.1) is 14.2 Å². The van der Waals surface area contributed by atoms with E-state index in [2.05, 4.69) is 15.6 Å². The maximum Gasteiger partial charge on any atom is 0.324 e. The van der Waals surface area contributed by atoms with E-state index in [4.69, 9.17) is 9.47 Å². The molecule has 0 aliphatic carbocycles. The molecule has 2 N–H and O–H groups in total. The first-order valence-corrected chi connectivity index (χ1v) is 7.81. The number of para-hydroxylation sites is 1. The molecule has 2 aromatic rings. The maximum absolute atomic E-state index is 12.2. The van der Waals surface area contributed by atoms with Crippen LogP contribution in [0.25, 0.3) is 6.08 Å². The Balaban J connectivity index is 1.74. The number of methoxy groups -OCH3 is 2. The van der Waals surface area contributed by atoms with Crippen LogP contribution in [-0.4, -0.2) is 26.1 Å². The van der Waals surface area contributed by atoms with Crippen molar-refractivity contribution in [1.82, 2.24) is 5.32 Å². The number of ether oxygens (including phenoxy) is 2. The zero-order chi connectivity index (χ0) is 17.6. The summed E-state index contributed by atoms with van der Waals surface area (Å²) in [5.41, 5.74) is 2.68. The van der Waals surface area contributed by atoms with Crippen molar-refractivity contribution >= 4 is 23.6 Å². The zero-order valence-corrected chi connectivity index (χ0v) is 14.1. The summed E-state index contributed by atoms with van der Waals surface area (Å²) >= 11 is 0. The summed E-state index contributed by atoms with van der Waals surface area (Å²) in [5, 5.41) is 5.57. The molecule has 0 saturated carbocycles. The van der Waals surface area contributed by atoms with Gasteiger partial charge in [0.1, 0.15) is 5.84 Å². The minimum atomic E-state index is -0.331. The molecule has 0 bridgehead atoms. The maximum atomic E-state index is 12.2. The van der Waals surface area contributed by atoms with Crippen LogP contribution in [0.3, 0.4) is 0 Å². The third-order valence-electron chi connectivity index (χ3n) is 3.78. The third kappa shape index (κ3) is 3.98. The van der Waals surface area contributed by atoms with Crippen LogP contribution in [0.5, 0.6) is 11.5 Å². The van der Waals surface area contributed by atoms with E-state index in [1.807, 2.05) is 48.5 Å². The fourth-order valence-corrected chi connectivity index (χ4v) is 2.57. The second kappa shape index (κ2) is 7.53. The Morgan fingerprint density at radius 2 is 1.76 bits per heavy atom. The normalized spacial score (nSPS) is 12.5. The summed E-state index contributed by atoms with van der Waals surface area (Å²) < 4.78 is 10.7. The lowest BCUT2D eigenvalue weighted by Crippen LogP contribution is -2.35. The van der Waals surface area contributed by atoms with E-state index in [0.717, 1.165) is 16.8 Å². The Hall–Kier alpha value is -3.28. The van der Waals surface area contributed by atoms with E-state index < -0.39 is 0 Å².